The number of aromatic hydroxyl groups is 1. The van der Waals surface area contributed by atoms with Gasteiger partial charge in [0, 0.05) is 25.9 Å². The van der Waals surface area contributed by atoms with E-state index >= 15 is 0 Å². The number of nitrogens with zero attached hydrogens (tertiary/aromatic N) is 3. The molecule has 9 nitrogen and oxygen atoms in total. The number of carbonyl (C=O) groups excluding carboxylic acids is 3. The summed E-state index contributed by atoms with van der Waals surface area (Å²) in [6.07, 6.45) is -0.644. The van der Waals surface area contributed by atoms with E-state index in [4.69, 9.17) is 0 Å². The Labute approximate surface area is 249 Å². The number of aliphatic hydroxyl groups is 1. The van der Waals surface area contributed by atoms with E-state index in [0.29, 0.717) is 6.54 Å². The molecule has 0 aliphatic carbocycles. The van der Waals surface area contributed by atoms with Gasteiger partial charge in [-0.2, -0.15) is 0 Å². The zero-order chi connectivity index (χ0) is 29.9. The van der Waals surface area contributed by atoms with Gasteiger partial charge in [0.15, 0.2) is 0 Å². The van der Waals surface area contributed by atoms with Crippen LogP contribution in [0.3, 0.4) is 0 Å². The lowest BCUT2D eigenvalue weighted by Gasteiger charge is -2.54. The lowest BCUT2D eigenvalue weighted by Crippen LogP contribution is -2.74. The molecule has 6 rings (SSSR count). The Balaban J connectivity index is 1.36. The first-order chi connectivity index (χ1) is 20.9. The molecule has 0 bridgehead atoms. The second-order valence-electron chi connectivity index (χ2n) is 11.1. The first-order valence-corrected chi connectivity index (χ1v) is 14.5. The third-order valence-corrected chi connectivity index (χ3v) is 8.39. The summed E-state index contributed by atoms with van der Waals surface area (Å²) in [7, 11) is 0. The number of hydrogen-bond donors (Lipinski definition) is 3. The van der Waals surface area contributed by atoms with Crippen LogP contribution in [0.15, 0.2) is 97.1 Å². The van der Waals surface area contributed by atoms with E-state index in [1.54, 1.807) is 29.2 Å². The van der Waals surface area contributed by atoms with Crippen molar-refractivity contribution in [2.45, 2.75) is 44.2 Å². The molecule has 0 spiro atoms. The second-order valence-corrected chi connectivity index (χ2v) is 11.1. The van der Waals surface area contributed by atoms with Gasteiger partial charge in [-0.15, -0.1) is 0 Å². The molecule has 2 aliphatic heterocycles. The number of fused-ring (bicyclic) bond motifs is 2. The molecular weight excluding hydrogens is 544 g/mol. The molecule has 9 heteroatoms. The monoisotopic (exact) mass is 578 g/mol. The van der Waals surface area contributed by atoms with Gasteiger partial charge in [0.05, 0.1) is 19.2 Å². The van der Waals surface area contributed by atoms with Gasteiger partial charge in [-0.25, -0.2) is 4.79 Å². The molecule has 4 amide bonds. The molecule has 2 aliphatic rings. The van der Waals surface area contributed by atoms with Crippen LogP contribution < -0.4 is 5.32 Å². The summed E-state index contributed by atoms with van der Waals surface area (Å²) in [5.74, 6) is -0.383. The van der Waals surface area contributed by atoms with E-state index in [0.717, 1.165) is 27.5 Å². The first-order valence-electron chi connectivity index (χ1n) is 14.5. The summed E-state index contributed by atoms with van der Waals surface area (Å²) in [6, 6.07) is 28.0. The summed E-state index contributed by atoms with van der Waals surface area (Å²) < 4.78 is 0. The Hall–Kier alpha value is -4.89. The van der Waals surface area contributed by atoms with E-state index < -0.39 is 24.3 Å². The van der Waals surface area contributed by atoms with E-state index in [1.807, 2.05) is 72.8 Å². The normalized spacial score (nSPS) is 20.3. The molecule has 0 saturated carbocycles. The van der Waals surface area contributed by atoms with E-state index in [-0.39, 0.29) is 50.1 Å². The lowest BCUT2D eigenvalue weighted by molar-refractivity contribution is -0.171. The summed E-state index contributed by atoms with van der Waals surface area (Å²) >= 11 is 0. The van der Waals surface area contributed by atoms with E-state index in [1.165, 1.54) is 9.80 Å². The zero-order valence-electron chi connectivity index (χ0n) is 23.7. The van der Waals surface area contributed by atoms with Crippen LogP contribution in [0.25, 0.3) is 10.8 Å². The number of phenolic OH excluding ortho intramolecular Hbond substituents is 1. The first kappa shape index (κ1) is 28.2. The number of phenols is 1. The molecular formula is C34H34N4O5. The Morgan fingerprint density at radius 3 is 2.35 bits per heavy atom. The maximum atomic E-state index is 14.2. The minimum Gasteiger partial charge on any atom is -0.508 e. The van der Waals surface area contributed by atoms with Crippen molar-refractivity contribution in [3.63, 3.8) is 0 Å². The molecule has 2 fully saturated rings. The Morgan fingerprint density at radius 1 is 0.860 bits per heavy atom. The number of nitrogens with one attached hydrogen (secondary N) is 1. The van der Waals surface area contributed by atoms with Crippen LogP contribution in [0.1, 0.15) is 23.1 Å². The molecule has 220 valence electrons. The summed E-state index contributed by atoms with van der Waals surface area (Å²) in [4.78, 5) is 46.4. The minimum atomic E-state index is -0.866. The molecule has 4 aromatic carbocycles. The maximum absolute atomic E-state index is 14.2. The molecule has 0 aromatic heterocycles. The molecule has 4 aromatic rings. The van der Waals surface area contributed by atoms with Crippen molar-refractivity contribution in [2.75, 3.05) is 13.2 Å². The largest absolute Gasteiger partial charge is 0.508 e. The van der Waals surface area contributed by atoms with Crippen molar-refractivity contribution in [2.24, 2.45) is 0 Å². The van der Waals surface area contributed by atoms with Crippen LogP contribution in [-0.2, 0) is 29.1 Å². The van der Waals surface area contributed by atoms with Crippen LogP contribution in [0.4, 0.5) is 4.79 Å². The highest BCUT2D eigenvalue weighted by Gasteiger charge is 2.51. The van der Waals surface area contributed by atoms with Crippen LogP contribution in [0.5, 0.6) is 5.75 Å². The maximum Gasteiger partial charge on any atom is 0.319 e. The van der Waals surface area contributed by atoms with Gasteiger partial charge in [0.1, 0.15) is 18.0 Å². The SMILES string of the molecule is O=C1[C@H](Cc2ccc(O)cc2)N2C(=O)C[C@H](CO)N(C(=O)NCc3ccccc3)[C@H]2CN1Cc1cccc2ccccc12. The summed E-state index contributed by atoms with van der Waals surface area (Å²) in [5.41, 5.74) is 2.66. The van der Waals surface area contributed by atoms with Gasteiger partial charge >= 0.3 is 6.03 Å². The Bertz CT molecular complexity index is 1620. The molecule has 2 heterocycles. The topological polar surface area (TPSA) is 113 Å². The number of benzene rings is 4. The quantitative estimate of drug-likeness (QED) is 0.310. The number of rotatable bonds is 7. The smallest absolute Gasteiger partial charge is 0.319 e. The predicted molar refractivity (Wildman–Crippen MR) is 162 cm³/mol. The van der Waals surface area contributed by atoms with Crippen LogP contribution in [0.2, 0.25) is 0 Å². The van der Waals surface area contributed by atoms with Crippen molar-refractivity contribution in [1.82, 2.24) is 20.0 Å². The standard InChI is InChI=1S/C34H34N4O5/c39-22-27-18-32(41)38-30(17-23-13-15-28(40)16-14-23)33(42)36(20-26-11-6-10-25-9-4-5-12-29(25)26)21-31(38)37(27)34(43)35-19-24-7-2-1-3-8-24/h1-16,27,30-31,39-40H,17-22H2,(H,35,43)/t27-,30+,31-/m1/s1. The molecule has 0 unspecified atom stereocenters. The fraction of sp³-hybridized carbons (Fsp3) is 0.265. The number of urea groups is 1. The van der Waals surface area contributed by atoms with Crippen molar-refractivity contribution in [1.29, 1.82) is 0 Å². The number of piperazine rings is 1. The third-order valence-electron chi connectivity index (χ3n) is 8.39. The Kier molecular flexibility index (Phi) is 7.98. The molecule has 3 atom stereocenters. The molecule has 43 heavy (non-hydrogen) atoms. The van der Waals surface area contributed by atoms with Gasteiger partial charge < -0.3 is 25.3 Å². The summed E-state index contributed by atoms with van der Waals surface area (Å²) in [5, 5.41) is 25.2. The number of hydrogen-bond acceptors (Lipinski definition) is 5. The van der Waals surface area contributed by atoms with Gasteiger partial charge in [0.2, 0.25) is 11.8 Å². The van der Waals surface area contributed by atoms with Crippen LogP contribution in [-0.4, -0.2) is 74.2 Å². The van der Waals surface area contributed by atoms with Gasteiger partial charge in [-0.05, 0) is 39.6 Å². The average Bonchev–Trinajstić information content (AvgIpc) is 3.03. The highest BCUT2D eigenvalue weighted by atomic mass is 16.3. The minimum absolute atomic E-state index is 0.0889. The number of amides is 4. The molecule has 0 radical (unpaired) electrons. The van der Waals surface area contributed by atoms with Crippen LogP contribution >= 0.6 is 0 Å². The van der Waals surface area contributed by atoms with E-state index in [2.05, 4.69) is 5.32 Å². The van der Waals surface area contributed by atoms with Crippen LogP contribution in [0, 0.1) is 0 Å². The fourth-order valence-corrected chi connectivity index (χ4v) is 6.26. The molecule has 3 N–H and O–H groups in total. The van der Waals surface area contributed by atoms with Crippen molar-refractivity contribution < 1.29 is 24.6 Å². The predicted octanol–water partition coefficient (Wildman–Crippen LogP) is 3.63. The Morgan fingerprint density at radius 2 is 1.58 bits per heavy atom. The third kappa shape index (κ3) is 5.76. The molecule has 2 saturated heterocycles. The van der Waals surface area contributed by atoms with Crippen molar-refractivity contribution in [3.05, 3.63) is 114 Å². The van der Waals surface area contributed by atoms with Crippen molar-refractivity contribution >= 4 is 28.6 Å². The van der Waals surface area contributed by atoms with E-state index in [9.17, 15) is 24.6 Å². The second kappa shape index (κ2) is 12.1. The number of carbonyl (C=O) groups is 3. The van der Waals surface area contributed by atoms with Gasteiger partial charge in [-0.1, -0.05) is 84.9 Å². The fourth-order valence-electron chi connectivity index (χ4n) is 6.26. The van der Waals surface area contributed by atoms with Gasteiger partial charge in [0.25, 0.3) is 0 Å². The summed E-state index contributed by atoms with van der Waals surface area (Å²) in [6.45, 7) is 0.308. The highest BCUT2D eigenvalue weighted by molar-refractivity contribution is 5.92. The average molecular weight is 579 g/mol. The number of aliphatic hydroxyl groups excluding tert-OH is 1. The van der Waals surface area contributed by atoms with Gasteiger partial charge in [-0.3, -0.25) is 14.5 Å². The zero-order valence-corrected chi connectivity index (χ0v) is 23.7. The lowest BCUT2D eigenvalue weighted by atomic mass is 9.94. The highest BCUT2D eigenvalue weighted by Crippen LogP contribution is 2.32. The van der Waals surface area contributed by atoms with Crippen molar-refractivity contribution in [3.8, 4) is 5.75 Å².